The van der Waals surface area contributed by atoms with E-state index >= 15 is 0 Å². The van der Waals surface area contributed by atoms with Crippen molar-refractivity contribution >= 4 is 5.69 Å². The molecular formula is C12H13N3. The molecule has 3 rings (SSSR count). The first-order valence-corrected chi connectivity index (χ1v) is 5.37. The van der Waals surface area contributed by atoms with E-state index in [-0.39, 0.29) is 6.04 Å². The molecule has 0 radical (unpaired) electrons. The van der Waals surface area contributed by atoms with Crippen molar-refractivity contribution in [2.75, 3.05) is 11.9 Å². The molecule has 3 atom stereocenters. The van der Waals surface area contributed by atoms with Crippen molar-refractivity contribution < 1.29 is 0 Å². The number of benzene rings is 1. The van der Waals surface area contributed by atoms with Gasteiger partial charge in [-0.15, -0.1) is 0 Å². The number of anilines is 1. The Labute approximate surface area is 89.1 Å². The van der Waals surface area contributed by atoms with Gasteiger partial charge in [0.1, 0.15) is 0 Å². The summed E-state index contributed by atoms with van der Waals surface area (Å²) in [4.78, 5) is 0. The van der Waals surface area contributed by atoms with Crippen LogP contribution in [0.1, 0.15) is 17.9 Å². The molecule has 1 aromatic carbocycles. The van der Waals surface area contributed by atoms with Crippen molar-refractivity contribution in [2.24, 2.45) is 0 Å². The zero-order valence-corrected chi connectivity index (χ0v) is 8.40. The van der Waals surface area contributed by atoms with Gasteiger partial charge in [0, 0.05) is 24.2 Å². The molecule has 3 nitrogen and oxygen atoms in total. The van der Waals surface area contributed by atoms with Gasteiger partial charge in [-0.3, -0.25) is 0 Å². The van der Waals surface area contributed by atoms with Crippen LogP contribution < -0.4 is 10.6 Å². The summed E-state index contributed by atoms with van der Waals surface area (Å²) < 4.78 is 0. The molecule has 0 aromatic heterocycles. The number of fused-ring (bicyclic) bond motifs is 3. The summed E-state index contributed by atoms with van der Waals surface area (Å²) in [5, 5.41) is 15.7. The number of hydrogen-bond acceptors (Lipinski definition) is 3. The molecule has 2 aliphatic rings. The molecule has 0 aliphatic carbocycles. The third-order valence-corrected chi connectivity index (χ3v) is 3.42. The Balaban J connectivity index is 1.90. The average Bonchev–Trinajstić information content (AvgIpc) is 2.66. The second-order valence-corrected chi connectivity index (χ2v) is 4.27. The molecule has 2 heterocycles. The normalized spacial score (nSPS) is 32.3. The number of piperidine rings is 1. The SMILES string of the molecule is N#CC1CC2Nc3ccccc3C2CN1. The van der Waals surface area contributed by atoms with Gasteiger partial charge in [-0.2, -0.15) is 5.26 Å². The quantitative estimate of drug-likeness (QED) is 0.665. The molecule has 3 unspecified atom stereocenters. The molecular weight excluding hydrogens is 186 g/mol. The van der Waals surface area contributed by atoms with Gasteiger partial charge in [0.25, 0.3) is 0 Å². The summed E-state index contributed by atoms with van der Waals surface area (Å²) in [5.41, 5.74) is 2.64. The highest BCUT2D eigenvalue weighted by molar-refractivity contribution is 5.59. The number of nitriles is 1. The Hall–Kier alpha value is -1.53. The summed E-state index contributed by atoms with van der Waals surface area (Å²) in [6, 6.07) is 11.2. The van der Waals surface area contributed by atoms with Crippen LogP contribution in [0.3, 0.4) is 0 Å². The highest BCUT2D eigenvalue weighted by atomic mass is 15.0. The Morgan fingerprint density at radius 3 is 3.07 bits per heavy atom. The van der Waals surface area contributed by atoms with E-state index in [1.807, 2.05) is 0 Å². The first-order chi connectivity index (χ1) is 7.38. The summed E-state index contributed by atoms with van der Waals surface area (Å²) in [5.74, 6) is 0.533. The smallest absolute Gasteiger partial charge is 0.0973 e. The predicted molar refractivity (Wildman–Crippen MR) is 58.6 cm³/mol. The molecule has 1 saturated heterocycles. The molecule has 0 bridgehead atoms. The molecule has 1 aromatic rings. The maximum absolute atomic E-state index is 8.89. The van der Waals surface area contributed by atoms with E-state index in [1.54, 1.807) is 0 Å². The summed E-state index contributed by atoms with van der Waals surface area (Å²) in [6.07, 6.45) is 0.899. The zero-order valence-electron chi connectivity index (χ0n) is 8.40. The minimum atomic E-state index is 0.00747. The van der Waals surface area contributed by atoms with Gasteiger partial charge in [0.15, 0.2) is 0 Å². The maximum atomic E-state index is 8.89. The Bertz CT molecular complexity index is 421. The molecule has 2 aliphatic heterocycles. The Kier molecular flexibility index (Phi) is 1.90. The largest absolute Gasteiger partial charge is 0.381 e. The number of hydrogen-bond donors (Lipinski definition) is 2. The van der Waals surface area contributed by atoms with Crippen LogP contribution in [-0.4, -0.2) is 18.6 Å². The predicted octanol–water partition coefficient (Wildman–Crippen LogP) is 1.45. The molecule has 76 valence electrons. The van der Waals surface area contributed by atoms with Gasteiger partial charge < -0.3 is 10.6 Å². The number of nitrogens with zero attached hydrogens (tertiary/aromatic N) is 1. The fourth-order valence-corrected chi connectivity index (χ4v) is 2.65. The molecule has 2 N–H and O–H groups in total. The van der Waals surface area contributed by atoms with E-state index in [0.29, 0.717) is 12.0 Å². The van der Waals surface area contributed by atoms with E-state index < -0.39 is 0 Å². The fraction of sp³-hybridized carbons (Fsp3) is 0.417. The van der Waals surface area contributed by atoms with E-state index in [0.717, 1.165) is 13.0 Å². The third kappa shape index (κ3) is 1.30. The van der Waals surface area contributed by atoms with Crippen molar-refractivity contribution in [3.8, 4) is 6.07 Å². The van der Waals surface area contributed by atoms with E-state index in [1.165, 1.54) is 11.3 Å². The molecule has 3 heteroatoms. The van der Waals surface area contributed by atoms with Crippen molar-refractivity contribution in [2.45, 2.75) is 24.4 Å². The first kappa shape index (κ1) is 8.75. The maximum Gasteiger partial charge on any atom is 0.0973 e. The number of para-hydroxylation sites is 1. The molecule has 0 amide bonds. The summed E-state index contributed by atoms with van der Waals surface area (Å²) in [7, 11) is 0. The number of rotatable bonds is 0. The van der Waals surface area contributed by atoms with E-state index in [2.05, 4.69) is 41.0 Å². The lowest BCUT2D eigenvalue weighted by molar-refractivity contribution is 0.395. The van der Waals surface area contributed by atoms with Crippen LogP contribution in [-0.2, 0) is 0 Å². The van der Waals surface area contributed by atoms with Gasteiger partial charge in [0.05, 0.1) is 12.1 Å². The third-order valence-electron chi connectivity index (χ3n) is 3.42. The second kappa shape index (κ2) is 3.25. The highest BCUT2D eigenvalue weighted by Crippen LogP contribution is 2.38. The minimum absolute atomic E-state index is 0.00747. The Morgan fingerprint density at radius 1 is 1.33 bits per heavy atom. The zero-order chi connectivity index (χ0) is 10.3. The first-order valence-electron chi connectivity index (χ1n) is 5.37. The van der Waals surface area contributed by atoms with Crippen molar-refractivity contribution in [3.63, 3.8) is 0 Å². The van der Waals surface area contributed by atoms with Crippen LogP contribution >= 0.6 is 0 Å². The molecule has 0 saturated carbocycles. The molecule has 15 heavy (non-hydrogen) atoms. The van der Waals surface area contributed by atoms with Gasteiger partial charge in [-0.25, -0.2) is 0 Å². The lowest BCUT2D eigenvalue weighted by atomic mass is 9.88. The Morgan fingerprint density at radius 2 is 2.20 bits per heavy atom. The average molecular weight is 199 g/mol. The van der Waals surface area contributed by atoms with E-state index in [9.17, 15) is 0 Å². The van der Waals surface area contributed by atoms with Crippen LogP contribution in [0.15, 0.2) is 24.3 Å². The van der Waals surface area contributed by atoms with Crippen LogP contribution in [0.5, 0.6) is 0 Å². The van der Waals surface area contributed by atoms with E-state index in [4.69, 9.17) is 5.26 Å². The van der Waals surface area contributed by atoms with Crippen molar-refractivity contribution in [1.29, 1.82) is 5.26 Å². The highest BCUT2D eigenvalue weighted by Gasteiger charge is 2.36. The van der Waals surface area contributed by atoms with Gasteiger partial charge >= 0.3 is 0 Å². The summed E-state index contributed by atoms with van der Waals surface area (Å²) in [6.45, 7) is 0.910. The van der Waals surface area contributed by atoms with Crippen LogP contribution in [0.25, 0.3) is 0 Å². The standard InChI is InChI=1S/C12H13N3/c13-6-8-5-12-10(7-14-8)9-3-1-2-4-11(9)15-12/h1-4,8,10,12,14-15H,5,7H2. The van der Waals surface area contributed by atoms with Crippen molar-refractivity contribution in [3.05, 3.63) is 29.8 Å². The van der Waals surface area contributed by atoms with Crippen LogP contribution in [0.2, 0.25) is 0 Å². The lowest BCUT2D eigenvalue weighted by Crippen LogP contribution is -2.44. The summed E-state index contributed by atoms with van der Waals surface area (Å²) >= 11 is 0. The van der Waals surface area contributed by atoms with Gasteiger partial charge in [0.2, 0.25) is 0 Å². The van der Waals surface area contributed by atoms with Gasteiger partial charge in [-0.05, 0) is 18.1 Å². The second-order valence-electron chi connectivity index (χ2n) is 4.27. The van der Waals surface area contributed by atoms with Crippen molar-refractivity contribution in [1.82, 2.24) is 5.32 Å². The van der Waals surface area contributed by atoms with Crippen LogP contribution in [0.4, 0.5) is 5.69 Å². The lowest BCUT2D eigenvalue weighted by Gasteiger charge is -2.29. The monoisotopic (exact) mass is 199 g/mol. The van der Waals surface area contributed by atoms with Crippen LogP contribution in [0, 0.1) is 11.3 Å². The van der Waals surface area contributed by atoms with Gasteiger partial charge in [-0.1, -0.05) is 18.2 Å². The number of nitrogens with one attached hydrogen (secondary N) is 2. The molecule has 0 spiro atoms. The molecule has 1 fully saturated rings. The topological polar surface area (TPSA) is 47.9 Å². The fourth-order valence-electron chi connectivity index (χ4n) is 2.65. The minimum Gasteiger partial charge on any atom is -0.381 e.